The zero-order valence-electron chi connectivity index (χ0n) is 21.6. The topological polar surface area (TPSA) is 9.23 Å². The van der Waals surface area contributed by atoms with E-state index in [4.69, 9.17) is 4.43 Å². The molecule has 3 rings (SSSR count). The molecule has 0 fully saturated rings. The summed E-state index contributed by atoms with van der Waals surface area (Å²) < 4.78 is 6.40. The molecule has 0 aliphatic heterocycles. The molecule has 0 N–H and O–H groups in total. The van der Waals surface area contributed by atoms with Crippen molar-refractivity contribution in [1.29, 1.82) is 0 Å². The van der Waals surface area contributed by atoms with Gasteiger partial charge in [0.15, 0.2) is 8.32 Å². The van der Waals surface area contributed by atoms with E-state index in [9.17, 15) is 0 Å². The highest BCUT2D eigenvalue weighted by Gasteiger charge is 2.44. The third-order valence-electron chi connectivity index (χ3n) is 7.25. The highest BCUT2D eigenvalue weighted by atomic mass is 127. The second-order valence-electron chi connectivity index (χ2n) is 10.6. The average Bonchev–Trinajstić information content (AvgIpc) is 2.82. The van der Waals surface area contributed by atoms with E-state index in [-0.39, 0.29) is 29.0 Å². The van der Waals surface area contributed by atoms with E-state index in [0.29, 0.717) is 0 Å². The van der Waals surface area contributed by atoms with Crippen LogP contribution in [0.4, 0.5) is 0 Å². The Kier molecular flexibility index (Phi) is 11.5. The molecule has 0 atom stereocenters. The van der Waals surface area contributed by atoms with Gasteiger partial charge in [0.05, 0.1) is 6.16 Å². The fourth-order valence-electron chi connectivity index (χ4n) is 4.23. The molecule has 1 nitrogen and oxygen atoms in total. The van der Waals surface area contributed by atoms with Crippen molar-refractivity contribution in [1.82, 2.24) is 0 Å². The minimum absolute atomic E-state index is 0. The van der Waals surface area contributed by atoms with E-state index in [1.54, 1.807) is 0 Å². The minimum atomic E-state index is -1.68. The Morgan fingerprint density at radius 3 is 1.38 bits per heavy atom. The summed E-state index contributed by atoms with van der Waals surface area (Å²) in [4.78, 5) is 0. The summed E-state index contributed by atoms with van der Waals surface area (Å²) in [6, 6.07) is 33.7. The third kappa shape index (κ3) is 7.26. The Labute approximate surface area is 227 Å². The lowest BCUT2D eigenvalue weighted by atomic mass is 10.2. The van der Waals surface area contributed by atoms with Crippen molar-refractivity contribution in [2.75, 3.05) is 12.8 Å². The Bertz CT molecular complexity index is 859. The molecule has 3 aromatic rings. The van der Waals surface area contributed by atoms with Crippen LogP contribution in [0.5, 0.6) is 0 Å². The molecule has 0 bridgehead atoms. The van der Waals surface area contributed by atoms with Crippen LogP contribution in [-0.2, 0) is 4.43 Å². The van der Waals surface area contributed by atoms with Crippen LogP contribution in [0.1, 0.15) is 46.5 Å². The van der Waals surface area contributed by atoms with E-state index >= 15 is 0 Å². The maximum absolute atomic E-state index is 6.40. The monoisotopic (exact) mass is 604 g/mol. The largest absolute Gasteiger partial charge is 1.00 e. The van der Waals surface area contributed by atoms with Crippen molar-refractivity contribution >= 4 is 31.5 Å². The van der Waals surface area contributed by atoms with Gasteiger partial charge in [-0.2, -0.15) is 0 Å². The van der Waals surface area contributed by atoms with E-state index in [2.05, 4.69) is 125 Å². The van der Waals surface area contributed by atoms with Crippen LogP contribution in [0, 0.1) is 0 Å². The van der Waals surface area contributed by atoms with Gasteiger partial charge >= 0.3 is 0 Å². The van der Waals surface area contributed by atoms with E-state index in [0.717, 1.165) is 6.61 Å². The van der Waals surface area contributed by atoms with Gasteiger partial charge < -0.3 is 28.4 Å². The second-order valence-corrected chi connectivity index (χ2v) is 19.0. The average molecular weight is 605 g/mol. The number of unbranched alkanes of at least 4 members (excludes halogenated alkanes) is 3. The molecule has 0 aromatic heterocycles. The molecule has 34 heavy (non-hydrogen) atoms. The van der Waals surface area contributed by atoms with Gasteiger partial charge in [-0.1, -0.05) is 81.8 Å². The van der Waals surface area contributed by atoms with Crippen molar-refractivity contribution in [3.63, 3.8) is 0 Å². The summed E-state index contributed by atoms with van der Waals surface area (Å²) in [6.45, 7) is 12.6. The quantitative estimate of drug-likeness (QED) is 0.135. The van der Waals surface area contributed by atoms with Crippen LogP contribution < -0.4 is 39.9 Å². The first-order chi connectivity index (χ1) is 15.8. The minimum Gasteiger partial charge on any atom is -1.00 e. The predicted molar refractivity (Wildman–Crippen MR) is 152 cm³/mol. The first-order valence-corrected chi connectivity index (χ1v) is 17.3. The van der Waals surface area contributed by atoms with Crippen molar-refractivity contribution in [3.8, 4) is 0 Å². The van der Waals surface area contributed by atoms with Crippen LogP contribution in [0.25, 0.3) is 0 Å². The standard InChI is InChI=1S/C30H42OPSi.HI/c1-30(2,3)33(4,5)31-25-17-6-7-18-26-32(27-19-11-8-12-20-27,28-21-13-9-14-22-28)29-23-15-10-16-24-29;/h8-16,19-24H,6-7,17-18,25-26H2,1-5H3;1H/q+1;/p-1. The maximum atomic E-state index is 6.40. The number of hydrogen-bond acceptors (Lipinski definition) is 1. The van der Waals surface area contributed by atoms with E-state index in [1.807, 2.05) is 0 Å². The number of rotatable bonds is 11. The van der Waals surface area contributed by atoms with Crippen molar-refractivity contribution in [3.05, 3.63) is 91.0 Å². The Balaban J connectivity index is 0.00000408. The van der Waals surface area contributed by atoms with Crippen molar-refractivity contribution in [2.45, 2.75) is 64.6 Å². The molecule has 0 aliphatic rings. The molecule has 0 radical (unpaired) electrons. The normalized spacial score (nSPS) is 12.3. The smallest absolute Gasteiger partial charge is 0.191 e. The van der Waals surface area contributed by atoms with Crippen LogP contribution in [0.3, 0.4) is 0 Å². The number of halogens is 1. The lowest BCUT2D eigenvalue weighted by Crippen LogP contribution is -3.00. The molecule has 4 heteroatoms. The molecule has 184 valence electrons. The first kappa shape index (κ1) is 29.2. The molecular formula is C30H42IOPSi. The van der Waals surface area contributed by atoms with Crippen molar-refractivity contribution in [2.24, 2.45) is 0 Å². The second kappa shape index (κ2) is 13.3. The molecule has 3 aromatic carbocycles. The van der Waals surface area contributed by atoms with Gasteiger partial charge in [0.1, 0.15) is 23.2 Å². The SMILES string of the molecule is CC(C)(C)[Si](C)(C)OCCCCCC[P+](c1ccccc1)(c1ccccc1)c1ccccc1.[I-]. The van der Waals surface area contributed by atoms with Gasteiger partial charge in [0, 0.05) is 6.61 Å². The number of hydrogen-bond donors (Lipinski definition) is 0. The molecule has 0 saturated heterocycles. The molecule has 0 unspecified atom stereocenters. The van der Waals surface area contributed by atoms with Gasteiger partial charge in [0.2, 0.25) is 0 Å². The number of benzene rings is 3. The fourth-order valence-corrected chi connectivity index (χ4v) is 9.73. The zero-order chi connectivity index (χ0) is 23.8. The van der Waals surface area contributed by atoms with Crippen LogP contribution in [0.2, 0.25) is 18.1 Å². The van der Waals surface area contributed by atoms with Crippen LogP contribution in [0.15, 0.2) is 91.0 Å². The highest BCUT2D eigenvalue weighted by molar-refractivity contribution is 7.95. The molecule has 0 amide bonds. The predicted octanol–water partition coefficient (Wildman–Crippen LogP) is 4.57. The van der Waals surface area contributed by atoms with Crippen LogP contribution >= 0.6 is 7.26 Å². The molecule has 0 aliphatic carbocycles. The molecule has 0 saturated carbocycles. The summed E-state index contributed by atoms with van der Waals surface area (Å²) in [7, 11) is -3.31. The summed E-state index contributed by atoms with van der Waals surface area (Å²) in [5.41, 5.74) is 0. The highest BCUT2D eigenvalue weighted by Crippen LogP contribution is 2.56. The Morgan fingerprint density at radius 1 is 0.618 bits per heavy atom. The summed E-state index contributed by atoms with van der Waals surface area (Å²) >= 11 is 0. The van der Waals surface area contributed by atoms with E-state index < -0.39 is 15.6 Å². The van der Waals surface area contributed by atoms with Gasteiger partial charge in [-0.3, -0.25) is 0 Å². The van der Waals surface area contributed by atoms with E-state index in [1.165, 1.54) is 47.8 Å². The first-order valence-electron chi connectivity index (χ1n) is 12.5. The summed E-state index contributed by atoms with van der Waals surface area (Å²) in [5.74, 6) is 0. The summed E-state index contributed by atoms with van der Waals surface area (Å²) in [6.07, 6.45) is 6.13. The van der Waals surface area contributed by atoms with Gasteiger partial charge in [0.25, 0.3) is 0 Å². The Hall–Kier alpha value is -1.00. The molecule has 0 spiro atoms. The van der Waals surface area contributed by atoms with Gasteiger partial charge in [-0.05, 0) is 73.8 Å². The zero-order valence-corrected chi connectivity index (χ0v) is 25.7. The Morgan fingerprint density at radius 2 is 1.00 bits per heavy atom. The lowest BCUT2D eigenvalue weighted by Gasteiger charge is -2.36. The fraction of sp³-hybridized carbons (Fsp3) is 0.400. The van der Waals surface area contributed by atoms with Crippen LogP contribution in [-0.4, -0.2) is 21.1 Å². The molecule has 0 heterocycles. The third-order valence-corrected chi connectivity index (χ3v) is 16.3. The van der Waals surface area contributed by atoms with Crippen molar-refractivity contribution < 1.29 is 28.4 Å². The van der Waals surface area contributed by atoms with Gasteiger partial charge in [-0.25, -0.2) is 0 Å². The molecular weight excluding hydrogens is 562 g/mol. The maximum Gasteiger partial charge on any atom is 0.191 e. The summed E-state index contributed by atoms with van der Waals surface area (Å²) in [5, 5.41) is 4.76. The lowest BCUT2D eigenvalue weighted by molar-refractivity contribution is -0.00000785. The van der Waals surface area contributed by atoms with Gasteiger partial charge in [-0.15, -0.1) is 0 Å².